The molecule has 1 heterocycles. The molecule has 0 aromatic rings. The summed E-state index contributed by atoms with van der Waals surface area (Å²) in [6.45, 7) is 11.3. The molecule has 28 heavy (non-hydrogen) atoms. The Kier molecular flexibility index (Phi) is 4.56. The second-order valence-corrected chi connectivity index (χ2v) is 12.3. The molecule has 1 saturated heterocycles. The summed E-state index contributed by atoms with van der Waals surface area (Å²) >= 11 is 0. The molecule has 3 nitrogen and oxygen atoms in total. The fraction of sp³-hybridized carbons (Fsp3) is 1.00. The number of methoxy groups -OCH3 is 1. The molecule has 160 valence electrons. The molecule has 7 atom stereocenters. The van der Waals surface area contributed by atoms with Gasteiger partial charge in [0.05, 0.1) is 19.3 Å². The lowest BCUT2D eigenvalue weighted by atomic mass is 9.44. The number of hydrogen-bond acceptors (Lipinski definition) is 3. The highest BCUT2D eigenvalue weighted by Crippen LogP contribution is 2.70. The van der Waals surface area contributed by atoms with Crippen molar-refractivity contribution in [2.45, 2.75) is 97.4 Å². The van der Waals surface area contributed by atoms with Crippen molar-refractivity contribution in [1.82, 2.24) is 0 Å². The molecule has 0 unspecified atom stereocenters. The van der Waals surface area contributed by atoms with E-state index >= 15 is 0 Å². The molecule has 0 bridgehead atoms. The van der Waals surface area contributed by atoms with Gasteiger partial charge < -0.3 is 14.2 Å². The molecule has 0 amide bonds. The third-order valence-corrected chi connectivity index (χ3v) is 10.2. The van der Waals surface area contributed by atoms with E-state index in [0.717, 1.165) is 49.7 Å². The fourth-order valence-electron chi connectivity index (χ4n) is 8.74. The van der Waals surface area contributed by atoms with E-state index in [4.69, 9.17) is 14.2 Å². The minimum atomic E-state index is -0.376. The van der Waals surface area contributed by atoms with Crippen molar-refractivity contribution in [1.29, 1.82) is 0 Å². The van der Waals surface area contributed by atoms with Crippen LogP contribution in [0.3, 0.4) is 0 Å². The summed E-state index contributed by atoms with van der Waals surface area (Å²) in [6.07, 6.45) is 12.4. The van der Waals surface area contributed by atoms with Crippen LogP contribution in [0.5, 0.6) is 0 Å². The van der Waals surface area contributed by atoms with Crippen molar-refractivity contribution in [2.75, 3.05) is 20.3 Å². The van der Waals surface area contributed by atoms with E-state index in [-0.39, 0.29) is 16.6 Å². The average molecular weight is 391 g/mol. The Hall–Kier alpha value is -0.120. The Morgan fingerprint density at radius 1 is 0.857 bits per heavy atom. The molecule has 4 saturated carbocycles. The van der Waals surface area contributed by atoms with Crippen molar-refractivity contribution >= 4 is 0 Å². The maximum Gasteiger partial charge on any atom is 0.173 e. The Labute approximate surface area is 172 Å². The van der Waals surface area contributed by atoms with Gasteiger partial charge in [-0.25, -0.2) is 0 Å². The summed E-state index contributed by atoms with van der Waals surface area (Å²) in [5.41, 5.74) is 0.698. The van der Waals surface area contributed by atoms with Gasteiger partial charge in [-0.05, 0) is 67.6 Å². The number of hydrogen-bond donors (Lipinski definition) is 0. The zero-order chi connectivity index (χ0) is 19.8. The van der Waals surface area contributed by atoms with Crippen LogP contribution in [0.4, 0.5) is 0 Å². The lowest BCUT2D eigenvalue weighted by Gasteiger charge is -2.64. The van der Waals surface area contributed by atoms with Gasteiger partial charge in [0.1, 0.15) is 0 Å². The van der Waals surface area contributed by atoms with Crippen LogP contribution in [-0.4, -0.2) is 32.2 Å². The molecule has 1 spiro atoms. The monoisotopic (exact) mass is 390 g/mol. The summed E-state index contributed by atoms with van der Waals surface area (Å²) in [5.74, 6) is 2.78. The second-order valence-electron chi connectivity index (χ2n) is 12.3. The van der Waals surface area contributed by atoms with Crippen molar-refractivity contribution in [3.05, 3.63) is 0 Å². The summed E-state index contributed by atoms with van der Waals surface area (Å²) < 4.78 is 19.6. The predicted octanol–water partition coefficient (Wildman–Crippen LogP) is 5.81. The first-order valence-corrected chi connectivity index (χ1v) is 12.1. The molecule has 5 fully saturated rings. The molecule has 0 radical (unpaired) electrons. The summed E-state index contributed by atoms with van der Waals surface area (Å²) in [4.78, 5) is 0. The molecule has 0 aromatic heterocycles. The highest BCUT2D eigenvalue weighted by atomic mass is 16.7. The van der Waals surface area contributed by atoms with Crippen LogP contribution in [-0.2, 0) is 14.2 Å². The maximum atomic E-state index is 6.64. The minimum Gasteiger partial charge on any atom is -0.381 e. The van der Waals surface area contributed by atoms with Gasteiger partial charge in [0.2, 0.25) is 0 Å². The van der Waals surface area contributed by atoms with Gasteiger partial charge in [0, 0.05) is 24.4 Å². The standard InChI is InChI=1S/C25H42O3/c1-22(2)15-27-25(28-16-22)13-11-19-18-10-9-17-8-6-7-12-23(17,3)21(18)20(26-5)14-24(19,25)4/h17-21H,6-16H2,1-5H3/t17-,18+,19+,20+,21-,23+,24+/m1/s1. The Morgan fingerprint density at radius 2 is 1.61 bits per heavy atom. The van der Waals surface area contributed by atoms with Gasteiger partial charge in [-0.3, -0.25) is 0 Å². The van der Waals surface area contributed by atoms with Crippen molar-refractivity contribution in [3.63, 3.8) is 0 Å². The zero-order valence-corrected chi connectivity index (χ0v) is 18.9. The van der Waals surface area contributed by atoms with Crippen LogP contribution >= 0.6 is 0 Å². The van der Waals surface area contributed by atoms with E-state index in [0.29, 0.717) is 11.5 Å². The van der Waals surface area contributed by atoms with Crippen LogP contribution in [0.1, 0.15) is 85.5 Å². The molecule has 0 N–H and O–H groups in total. The number of fused-ring (bicyclic) bond motifs is 6. The highest BCUT2D eigenvalue weighted by Gasteiger charge is 2.69. The van der Waals surface area contributed by atoms with Gasteiger partial charge in [-0.2, -0.15) is 0 Å². The van der Waals surface area contributed by atoms with Crippen LogP contribution < -0.4 is 0 Å². The molecule has 4 aliphatic carbocycles. The summed E-state index contributed by atoms with van der Waals surface area (Å²) in [5, 5.41) is 0. The third-order valence-electron chi connectivity index (χ3n) is 10.2. The van der Waals surface area contributed by atoms with Crippen molar-refractivity contribution < 1.29 is 14.2 Å². The zero-order valence-electron chi connectivity index (χ0n) is 18.9. The van der Waals surface area contributed by atoms with E-state index in [1.165, 1.54) is 44.9 Å². The molecular formula is C25H42O3. The van der Waals surface area contributed by atoms with Gasteiger partial charge in [-0.15, -0.1) is 0 Å². The van der Waals surface area contributed by atoms with Crippen LogP contribution in [0.15, 0.2) is 0 Å². The lowest BCUT2D eigenvalue weighted by Crippen LogP contribution is -2.63. The SMILES string of the molecule is CO[C@H]1C[C@@]2(C)[C@@H](CCC23OCC(C)(C)CO3)[C@@H]2CC[C@H]3CCCC[C@]3(C)[C@H]21. The van der Waals surface area contributed by atoms with E-state index in [1.807, 2.05) is 7.11 Å². The number of rotatable bonds is 1. The minimum absolute atomic E-state index is 0.0865. The van der Waals surface area contributed by atoms with Gasteiger partial charge >= 0.3 is 0 Å². The first-order chi connectivity index (χ1) is 13.2. The summed E-state index contributed by atoms with van der Waals surface area (Å²) in [6, 6.07) is 0. The Balaban J connectivity index is 1.49. The third kappa shape index (κ3) is 2.57. The molecule has 0 aromatic carbocycles. The topological polar surface area (TPSA) is 27.7 Å². The van der Waals surface area contributed by atoms with E-state index in [2.05, 4.69) is 27.7 Å². The van der Waals surface area contributed by atoms with Crippen molar-refractivity contribution in [2.24, 2.45) is 39.9 Å². The van der Waals surface area contributed by atoms with Gasteiger partial charge in [0.25, 0.3) is 0 Å². The molecule has 5 rings (SSSR count). The molecule has 5 aliphatic rings. The first-order valence-electron chi connectivity index (χ1n) is 12.1. The number of ether oxygens (including phenoxy) is 3. The van der Waals surface area contributed by atoms with E-state index < -0.39 is 0 Å². The quantitative estimate of drug-likeness (QED) is 0.565. The Morgan fingerprint density at radius 3 is 2.32 bits per heavy atom. The Bertz CT molecular complexity index is 605. The summed E-state index contributed by atoms with van der Waals surface area (Å²) in [7, 11) is 1.97. The average Bonchev–Trinajstić information content (AvgIpc) is 2.95. The normalized spacial score (nSPS) is 52.0. The first kappa shape index (κ1) is 19.8. The van der Waals surface area contributed by atoms with Gasteiger partial charge in [0.15, 0.2) is 5.79 Å². The maximum absolute atomic E-state index is 6.64. The smallest absolute Gasteiger partial charge is 0.173 e. The van der Waals surface area contributed by atoms with E-state index in [9.17, 15) is 0 Å². The van der Waals surface area contributed by atoms with E-state index in [1.54, 1.807) is 0 Å². The fourth-order valence-corrected chi connectivity index (χ4v) is 8.74. The second kappa shape index (κ2) is 6.44. The lowest BCUT2D eigenvalue weighted by molar-refractivity contribution is -0.354. The molecule has 1 aliphatic heterocycles. The largest absolute Gasteiger partial charge is 0.381 e. The van der Waals surface area contributed by atoms with Crippen LogP contribution in [0.25, 0.3) is 0 Å². The predicted molar refractivity (Wildman–Crippen MR) is 111 cm³/mol. The molecular weight excluding hydrogens is 348 g/mol. The van der Waals surface area contributed by atoms with Crippen molar-refractivity contribution in [3.8, 4) is 0 Å². The molecule has 3 heteroatoms. The highest BCUT2D eigenvalue weighted by molar-refractivity contribution is 5.15. The van der Waals surface area contributed by atoms with Crippen LogP contribution in [0.2, 0.25) is 0 Å². The van der Waals surface area contributed by atoms with Gasteiger partial charge in [-0.1, -0.05) is 40.5 Å². The van der Waals surface area contributed by atoms with Crippen LogP contribution in [0, 0.1) is 39.9 Å².